The normalized spacial score (nSPS) is 20.3. The number of benzene rings is 2. The lowest BCUT2D eigenvalue weighted by Crippen LogP contribution is -2.26. The molecule has 2 aliphatic carbocycles. The van der Waals surface area contributed by atoms with Gasteiger partial charge in [0.25, 0.3) is 0 Å². The number of nitrogens with two attached hydrogens (primary N) is 2. The summed E-state index contributed by atoms with van der Waals surface area (Å²) in [6.45, 7) is 2.39. The van der Waals surface area contributed by atoms with E-state index in [4.69, 9.17) is 11.5 Å². The summed E-state index contributed by atoms with van der Waals surface area (Å²) in [5, 5.41) is 0. The second kappa shape index (κ2) is 10.3. The van der Waals surface area contributed by atoms with E-state index in [2.05, 4.69) is 62.3 Å². The van der Waals surface area contributed by atoms with Gasteiger partial charge in [-0.05, 0) is 125 Å². The molecule has 4 nitrogen and oxygen atoms in total. The number of fused-ring (bicyclic) bond motifs is 2. The summed E-state index contributed by atoms with van der Waals surface area (Å²) >= 11 is 0. The van der Waals surface area contributed by atoms with E-state index >= 15 is 0 Å². The summed E-state index contributed by atoms with van der Waals surface area (Å²) in [6.07, 6.45) is 7.43. The molecule has 0 aromatic heterocycles. The molecule has 0 heterocycles. The summed E-state index contributed by atoms with van der Waals surface area (Å²) in [6, 6.07) is 12.7. The zero-order chi connectivity index (χ0) is 21.7. The zero-order valence-electron chi connectivity index (χ0n) is 19.3. The van der Waals surface area contributed by atoms with Crippen molar-refractivity contribution in [1.82, 2.24) is 9.80 Å². The molecule has 2 atom stereocenters. The average Bonchev–Trinajstić information content (AvgIpc) is 2.67. The van der Waals surface area contributed by atoms with Crippen LogP contribution in [0.25, 0.3) is 0 Å². The van der Waals surface area contributed by atoms with Gasteiger partial charge in [0.05, 0.1) is 0 Å². The van der Waals surface area contributed by atoms with Crippen molar-refractivity contribution >= 4 is 11.4 Å². The van der Waals surface area contributed by atoms with Crippen LogP contribution in [-0.2, 0) is 25.7 Å². The van der Waals surface area contributed by atoms with Gasteiger partial charge in [0, 0.05) is 24.5 Å². The SMILES string of the molecule is CN(C)CC1CCc2ccc(N)cc2C1.CN(C)C[C@@H]1CCc2cc(N)ccc2C1. The van der Waals surface area contributed by atoms with Crippen LogP contribution in [-0.4, -0.2) is 51.1 Å². The third-order valence-corrected chi connectivity index (χ3v) is 6.37. The Labute approximate surface area is 183 Å². The maximum atomic E-state index is 5.82. The Morgan fingerprint density at radius 3 is 1.70 bits per heavy atom. The van der Waals surface area contributed by atoms with Gasteiger partial charge in [0.15, 0.2) is 0 Å². The summed E-state index contributed by atoms with van der Waals surface area (Å²) in [5.74, 6) is 1.62. The minimum Gasteiger partial charge on any atom is -0.399 e. The van der Waals surface area contributed by atoms with Gasteiger partial charge in [-0.15, -0.1) is 0 Å². The Balaban J connectivity index is 0.000000171. The lowest BCUT2D eigenvalue weighted by Gasteiger charge is -2.27. The van der Waals surface area contributed by atoms with Gasteiger partial charge in [0.1, 0.15) is 0 Å². The van der Waals surface area contributed by atoms with Crippen LogP contribution in [0.2, 0.25) is 0 Å². The topological polar surface area (TPSA) is 58.5 Å². The van der Waals surface area contributed by atoms with E-state index in [1.54, 1.807) is 0 Å². The molecule has 4 rings (SSSR count). The molecule has 0 fully saturated rings. The number of aryl methyl sites for hydroxylation is 2. The molecular formula is C26H40N4. The molecule has 0 aliphatic heterocycles. The van der Waals surface area contributed by atoms with Gasteiger partial charge < -0.3 is 21.3 Å². The van der Waals surface area contributed by atoms with Gasteiger partial charge in [-0.2, -0.15) is 0 Å². The van der Waals surface area contributed by atoms with Crippen molar-refractivity contribution in [2.24, 2.45) is 11.8 Å². The molecule has 1 unspecified atom stereocenters. The van der Waals surface area contributed by atoms with E-state index in [1.807, 2.05) is 12.1 Å². The zero-order valence-corrected chi connectivity index (χ0v) is 19.3. The molecule has 164 valence electrons. The van der Waals surface area contributed by atoms with Crippen molar-refractivity contribution in [3.8, 4) is 0 Å². The van der Waals surface area contributed by atoms with Gasteiger partial charge in [-0.3, -0.25) is 0 Å². The van der Waals surface area contributed by atoms with Gasteiger partial charge in [-0.1, -0.05) is 12.1 Å². The minimum absolute atomic E-state index is 0.800. The van der Waals surface area contributed by atoms with Gasteiger partial charge in [0.2, 0.25) is 0 Å². The van der Waals surface area contributed by atoms with Crippen molar-refractivity contribution in [3.05, 3.63) is 58.7 Å². The van der Waals surface area contributed by atoms with E-state index in [0.29, 0.717) is 0 Å². The second-order valence-electron chi connectivity index (χ2n) is 9.80. The van der Waals surface area contributed by atoms with Crippen molar-refractivity contribution in [2.75, 3.05) is 52.7 Å². The molecule has 30 heavy (non-hydrogen) atoms. The monoisotopic (exact) mass is 408 g/mol. The predicted molar refractivity (Wildman–Crippen MR) is 130 cm³/mol. The van der Waals surface area contributed by atoms with Crippen LogP contribution in [0.3, 0.4) is 0 Å². The Kier molecular flexibility index (Phi) is 7.79. The lowest BCUT2D eigenvalue weighted by molar-refractivity contribution is 0.302. The molecule has 4 N–H and O–H groups in total. The first-order chi connectivity index (χ1) is 14.3. The number of hydrogen-bond donors (Lipinski definition) is 2. The summed E-state index contributed by atoms with van der Waals surface area (Å²) < 4.78 is 0. The van der Waals surface area contributed by atoms with Gasteiger partial charge in [-0.25, -0.2) is 0 Å². The van der Waals surface area contributed by atoms with Crippen LogP contribution in [0, 0.1) is 11.8 Å². The predicted octanol–water partition coefficient (Wildman–Crippen LogP) is 3.87. The third kappa shape index (κ3) is 6.48. The smallest absolute Gasteiger partial charge is 0.0316 e. The van der Waals surface area contributed by atoms with Crippen LogP contribution in [0.4, 0.5) is 11.4 Å². The fourth-order valence-corrected chi connectivity index (χ4v) is 5.05. The molecule has 0 bridgehead atoms. The fraction of sp³-hybridized carbons (Fsp3) is 0.538. The summed E-state index contributed by atoms with van der Waals surface area (Å²) in [4.78, 5) is 4.56. The number of anilines is 2. The molecule has 0 amide bonds. The minimum atomic E-state index is 0.800. The highest BCUT2D eigenvalue weighted by atomic mass is 15.1. The standard InChI is InChI=1S/2C13H20N2/c1-15(2)9-10-3-4-12-8-13(14)6-5-11(12)7-10;1-15(2)9-10-3-4-11-5-6-13(14)8-12(11)7-10/h2*5-6,8,10H,3-4,7,9,14H2,1-2H3/t10-;/m1./s1. The van der Waals surface area contributed by atoms with E-state index in [1.165, 1.54) is 73.9 Å². The third-order valence-electron chi connectivity index (χ3n) is 6.37. The Morgan fingerprint density at radius 1 is 0.667 bits per heavy atom. The van der Waals surface area contributed by atoms with E-state index in [9.17, 15) is 0 Å². The molecule has 2 aromatic rings. The first-order valence-electron chi connectivity index (χ1n) is 11.3. The van der Waals surface area contributed by atoms with Crippen molar-refractivity contribution < 1.29 is 0 Å². The molecule has 2 aromatic carbocycles. The first kappa shape index (κ1) is 22.6. The van der Waals surface area contributed by atoms with Crippen LogP contribution < -0.4 is 11.5 Å². The summed E-state index contributed by atoms with van der Waals surface area (Å²) in [5.41, 5.74) is 19.3. The molecule has 2 aliphatic rings. The van der Waals surface area contributed by atoms with Crippen LogP contribution >= 0.6 is 0 Å². The summed E-state index contributed by atoms with van der Waals surface area (Å²) in [7, 11) is 8.60. The van der Waals surface area contributed by atoms with Crippen LogP contribution in [0.15, 0.2) is 36.4 Å². The largest absolute Gasteiger partial charge is 0.399 e. The fourth-order valence-electron chi connectivity index (χ4n) is 5.05. The Morgan fingerprint density at radius 2 is 1.13 bits per heavy atom. The Hall–Kier alpha value is -2.04. The second-order valence-corrected chi connectivity index (χ2v) is 9.80. The highest BCUT2D eigenvalue weighted by molar-refractivity contribution is 5.46. The van der Waals surface area contributed by atoms with E-state index < -0.39 is 0 Å². The number of rotatable bonds is 4. The maximum Gasteiger partial charge on any atom is 0.0316 e. The van der Waals surface area contributed by atoms with Crippen molar-refractivity contribution in [2.45, 2.75) is 38.5 Å². The quantitative estimate of drug-likeness (QED) is 0.754. The average molecular weight is 409 g/mol. The molecule has 0 saturated carbocycles. The van der Waals surface area contributed by atoms with E-state index in [-0.39, 0.29) is 0 Å². The molecule has 0 radical (unpaired) electrons. The Bertz CT molecular complexity index is 828. The number of nitrogen functional groups attached to an aromatic ring is 2. The molecule has 0 saturated heterocycles. The molecular weight excluding hydrogens is 368 g/mol. The molecule has 4 heteroatoms. The van der Waals surface area contributed by atoms with Crippen molar-refractivity contribution in [3.63, 3.8) is 0 Å². The highest BCUT2D eigenvalue weighted by Crippen LogP contribution is 2.28. The highest BCUT2D eigenvalue weighted by Gasteiger charge is 2.20. The van der Waals surface area contributed by atoms with Crippen LogP contribution in [0.1, 0.15) is 35.1 Å². The lowest BCUT2D eigenvalue weighted by atomic mass is 9.83. The first-order valence-corrected chi connectivity index (χ1v) is 11.3. The maximum absolute atomic E-state index is 5.82. The number of hydrogen-bond acceptors (Lipinski definition) is 4. The van der Waals surface area contributed by atoms with Crippen LogP contribution in [0.5, 0.6) is 0 Å². The van der Waals surface area contributed by atoms with Crippen molar-refractivity contribution in [1.29, 1.82) is 0 Å². The van der Waals surface area contributed by atoms with Gasteiger partial charge >= 0.3 is 0 Å². The van der Waals surface area contributed by atoms with E-state index in [0.717, 1.165) is 23.2 Å². The molecule has 0 spiro atoms. The number of nitrogens with zero attached hydrogens (tertiary/aromatic N) is 2.